The highest BCUT2D eigenvalue weighted by Crippen LogP contribution is 2.19. The van der Waals surface area contributed by atoms with E-state index < -0.39 is 0 Å². The molecule has 1 unspecified atom stereocenters. The number of nitrogens with zero attached hydrogens (tertiary/aromatic N) is 2. The normalized spacial score (nSPS) is 28.6. The average molecular weight is 197 g/mol. The molecule has 1 atom stereocenters. The van der Waals surface area contributed by atoms with Crippen LogP contribution in [0.15, 0.2) is 0 Å². The molecule has 0 bridgehead atoms. The van der Waals surface area contributed by atoms with E-state index in [0.717, 1.165) is 25.9 Å². The Morgan fingerprint density at radius 2 is 1.93 bits per heavy atom. The van der Waals surface area contributed by atoms with Gasteiger partial charge in [-0.15, -0.1) is 0 Å². The highest BCUT2D eigenvalue weighted by molar-refractivity contribution is 5.72. The van der Waals surface area contributed by atoms with Crippen molar-refractivity contribution in [1.82, 2.24) is 9.80 Å². The number of hydrogen-bond acceptors (Lipinski definition) is 2. The van der Waals surface area contributed by atoms with E-state index in [0.29, 0.717) is 6.04 Å². The van der Waals surface area contributed by atoms with Gasteiger partial charge in [0.1, 0.15) is 0 Å². The molecular formula is C10H19N3O. The summed E-state index contributed by atoms with van der Waals surface area (Å²) in [4.78, 5) is 15.4. The Kier molecular flexibility index (Phi) is 2.91. The second kappa shape index (κ2) is 4.17. The van der Waals surface area contributed by atoms with Crippen LogP contribution in [0.2, 0.25) is 0 Å². The summed E-state index contributed by atoms with van der Waals surface area (Å²) in [6, 6.07) is 0.136. The first-order chi connectivity index (χ1) is 6.77. The lowest BCUT2D eigenvalue weighted by Crippen LogP contribution is -2.44. The molecule has 0 radical (unpaired) electrons. The molecule has 0 aliphatic carbocycles. The van der Waals surface area contributed by atoms with Crippen LogP contribution in [0.1, 0.15) is 25.7 Å². The number of carbonyl (C=O) groups is 1. The maximum Gasteiger partial charge on any atom is 0.315 e. The van der Waals surface area contributed by atoms with E-state index in [1.54, 1.807) is 0 Å². The molecule has 0 aromatic heterocycles. The van der Waals surface area contributed by atoms with Gasteiger partial charge in [-0.25, -0.2) is 4.79 Å². The number of likely N-dealkylation sites (tertiary alicyclic amines) is 2. The van der Waals surface area contributed by atoms with E-state index in [1.165, 1.54) is 25.9 Å². The van der Waals surface area contributed by atoms with Crippen LogP contribution in [-0.4, -0.2) is 48.1 Å². The average Bonchev–Trinajstić information content (AvgIpc) is 2.75. The number of rotatable bonds is 2. The Morgan fingerprint density at radius 1 is 1.21 bits per heavy atom. The third kappa shape index (κ3) is 2.00. The van der Waals surface area contributed by atoms with Crippen molar-refractivity contribution in [3.05, 3.63) is 0 Å². The fourth-order valence-corrected chi connectivity index (χ4v) is 2.58. The van der Waals surface area contributed by atoms with Crippen LogP contribution >= 0.6 is 0 Å². The summed E-state index contributed by atoms with van der Waals surface area (Å²) in [7, 11) is 0. The summed E-state index contributed by atoms with van der Waals surface area (Å²) in [5.41, 5.74) is 5.33. The van der Waals surface area contributed by atoms with Gasteiger partial charge in [0.25, 0.3) is 0 Å². The maximum absolute atomic E-state index is 11.1. The molecule has 2 aliphatic heterocycles. The topological polar surface area (TPSA) is 49.6 Å². The van der Waals surface area contributed by atoms with Crippen LogP contribution < -0.4 is 5.73 Å². The zero-order chi connectivity index (χ0) is 9.97. The van der Waals surface area contributed by atoms with E-state index >= 15 is 0 Å². The largest absolute Gasteiger partial charge is 0.351 e. The molecule has 2 rings (SSSR count). The molecule has 2 aliphatic rings. The maximum atomic E-state index is 11.1. The molecular weight excluding hydrogens is 178 g/mol. The fourth-order valence-electron chi connectivity index (χ4n) is 2.58. The van der Waals surface area contributed by atoms with Crippen LogP contribution in [0.4, 0.5) is 4.79 Å². The monoisotopic (exact) mass is 197 g/mol. The number of primary amides is 1. The summed E-state index contributed by atoms with van der Waals surface area (Å²) >= 11 is 0. The quantitative estimate of drug-likeness (QED) is 0.705. The zero-order valence-electron chi connectivity index (χ0n) is 8.61. The number of hydrogen-bond donors (Lipinski definition) is 1. The third-order valence-electron chi connectivity index (χ3n) is 3.33. The lowest BCUT2D eigenvalue weighted by molar-refractivity contribution is 0.183. The number of urea groups is 1. The molecule has 2 saturated heterocycles. The Morgan fingerprint density at radius 3 is 2.57 bits per heavy atom. The first-order valence-electron chi connectivity index (χ1n) is 5.56. The Bertz CT molecular complexity index is 213. The molecule has 14 heavy (non-hydrogen) atoms. The van der Waals surface area contributed by atoms with Gasteiger partial charge in [-0.3, -0.25) is 0 Å². The minimum Gasteiger partial charge on any atom is -0.351 e. The van der Waals surface area contributed by atoms with Crippen LogP contribution in [0.25, 0.3) is 0 Å². The summed E-state index contributed by atoms with van der Waals surface area (Å²) in [6.45, 7) is 4.28. The van der Waals surface area contributed by atoms with Gasteiger partial charge in [0, 0.05) is 19.1 Å². The van der Waals surface area contributed by atoms with Crippen molar-refractivity contribution in [3.8, 4) is 0 Å². The van der Waals surface area contributed by atoms with Crippen LogP contribution in [-0.2, 0) is 0 Å². The van der Waals surface area contributed by atoms with E-state index in [2.05, 4.69) is 4.90 Å². The number of nitrogens with two attached hydrogens (primary N) is 1. The van der Waals surface area contributed by atoms with Gasteiger partial charge in [-0.2, -0.15) is 0 Å². The minimum absolute atomic E-state index is 0.244. The molecule has 2 heterocycles. The van der Waals surface area contributed by atoms with E-state index in [9.17, 15) is 4.79 Å². The van der Waals surface area contributed by atoms with Crippen molar-refractivity contribution in [2.45, 2.75) is 31.7 Å². The van der Waals surface area contributed by atoms with E-state index in [-0.39, 0.29) is 6.03 Å². The van der Waals surface area contributed by atoms with Gasteiger partial charge in [0.05, 0.1) is 0 Å². The van der Waals surface area contributed by atoms with E-state index in [1.807, 2.05) is 4.90 Å². The van der Waals surface area contributed by atoms with Crippen molar-refractivity contribution in [2.24, 2.45) is 5.73 Å². The Balaban J connectivity index is 1.86. The van der Waals surface area contributed by atoms with Crippen molar-refractivity contribution in [1.29, 1.82) is 0 Å². The standard InChI is InChI=1S/C10H19N3O/c11-10(14)13-7-3-4-9(13)8-12-5-1-2-6-12/h9H,1-8H2,(H2,11,14). The number of carbonyl (C=O) groups excluding carboxylic acids is 1. The molecule has 4 heteroatoms. The molecule has 0 aromatic carbocycles. The summed E-state index contributed by atoms with van der Waals surface area (Å²) in [5.74, 6) is 0. The second-order valence-corrected chi connectivity index (χ2v) is 4.34. The third-order valence-corrected chi connectivity index (χ3v) is 3.33. The molecule has 2 amide bonds. The Hall–Kier alpha value is -0.770. The van der Waals surface area contributed by atoms with Crippen LogP contribution in [0.5, 0.6) is 0 Å². The van der Waals surface area contributed by atoms with Gasteiger partial charge in [0.2, 0.25) is 0 Å². The molecule has 2 N–H and O–H groups in total. The predicted molar refractivity (Wildman–Crippen MR) is 55.0 cm³/mol. The fraction of sp³-hybridized carbons (Fsp3) is 0.900. The zero-order valence-corrected chi connectivity index (χ0v) is 8.61. The minimum atomic E-state index is -0.244. The first-order valence-corrected chi connectivity index (χ1v) is 5.56. The molecule has 2 fully saturated rings. The second-order valence-electron chi connectivity index (χ2n) is 4.34. The molecule has 0 spiro atoms. The highest BCUT2D eigenvalue weighted by atomic mass is 16.2. The summed E-state index contributed by atoms with van der Waals surface area (Å²) in [5, 5.41) is 0. The van der Waals surface area contributed by atoms with Crippen LogP contribution in [0.3, 0.4) is 0 Å². The van der Waals surface area contributed by atoms with Gasteiger partial charge < -0.3 is 15.5 Å². The highest BCUT2D eigenvalue weighted by Gasteiger charge is 2.29. The molecule has 80 valence electrons. The smallest absolute Gasteiger partial charge is 0.315 e. The molecule has 0 aromatic rings. The van der Waals surface area contributed by atoms with Crippen molar-refractivity contribution in [3.63, 3.8) is 0 Å². The predicted octanol–water partition coefficient (Wildman–Crippen LogP) is 0.625. The van der Waals surface area contributed by atoms with Gasteiger partial charge in [-0.05, 0) is 38.8 Å². The first kappa shape index (κ1) is 9.77. The van der Waals surface area contributed by atoms with Crippen molar-refractivity contribution in [2.75, 3.05) is 26.2 Å². The Labute approximate surface area is 85.0 Å². The van der Waals surface area contributed by atoms with Gasteiger partial charge in [0.15, 0.2) is 0 Å². The lowest BCUT2D eigenvalue weighted by atomic mass is 10.2. The summed E-state index contributed by atoms with van der Waals surface area (Å²) in [6.07, 6.45) is 4.85. The van der Waals surface area contributed by atoms with Crippen molar-refractivity contribution < 1.29 is 4.79 Å². The summed E-state index contributed by atoms with van der Waals surface area (Å²) < 4.78 is 0. The molecule has 4 nitrogen and oxygen atoms in total. The van der Waals surface area contributed by atoms with Crippen molar-refractivity contribution >= 4 is 6.03 Å². The van der Waals surface area contributed by atoms with Gasteiger partial charge >= 0.3 is 6.03 Å². The SMILES string of the molecule is NC(=O)N1CCCC1CN1CCCC1. The van der Waals surface area contributed by atoms with E-state index in [4.69, 9.17) is 5.73 Å². The van der Waals surface area contributed by atoms with Gasteiger partial charge in [-0.1, -0.05) is 0 Å². The lowest BCUT2D eigenvalue weighted by Gasteiger charge is -2.26. The van der Waals surface area contributed by atoms with Crippen LogP contribution in [0, 0.1) is 0 Å². The number of amides is 2. The molecule has 0 saturated carbocycles.